The highest BCUT2D eigenvalue weighted by Crippen LogP contribution is 2.16. The van der Waals surface area contributed by atoms with E-state index in [-0.39, 0.29) is 12.0 Å². The molecule has 0 heterocycles. The van der Waals surface area contributed by atoms with Gasteiger partial charge in [-0.2, -0.15) is 0 Å². The van der Waals surface area contributed by atoms with E-state index in [0.29, 0.717) is 23.9 Å². The summed E-state index contributed by atoms with van der Waals surface area (Å²) >= 11 is 3.15. The molecule has 1 aromatic rings. The summed E-state index contributed by atoms with van der Waals surface area (Å²) in [4.78, 5) is 0. The Hall–Kier alpha value is -0.510. The summed E-state index contributed by atoms with van der Waals surface area (Å²) in [6, 6.07) is 1.40. The summed E-state index contributed by atoms with van der Waals surface area (Å²) in [7, 11) is 0. The highest BCUT2D eigenvalue weighted by atomic mass is 79.9. The third-order valence-electron chi connectivity index (χ3n) is 1.67. The van der Waals surface area contributed by atoms with Gasteiger partial charge in [-0.05, 0) is 12.8 Å². The van der Waals surface area contributed by atoms with Crippen LogP contribution in [0.4, 0.5) is 13.2 Å². The molecule has 0 fully saturated rings. The lowest BCUT2D eigenvalue weighted by atomic mass is 10.1. The molecule has 0 aromatic heterocycles. The van der Waals surface area contributed by atoms with E-state index in [1.165, 1.54) is 0 Å². The summed E-state index contributed by atoms with van der Waals surface area (Å²) in [5.41, 5.74) is -0.0409. The van der Waals surface area contributed by atoms with Crippen molar-refractivity contribution in [3.63, 3.8) is 0 Å². The lowest BCUT2D eigenvalue weighted by molar-refractivity contribution is 0.522. The van der Waals surface area contributed by atoms with Crippen LogP contribution in [-0.4, -0.2) is 5.33 Å². The Morgan fingerprint density at radius 1 is 1.08 bits per heavy atom. The number of alkyl halides is 1. The predicted octanol–water partition coefficient (Wildman–Crippen LogP) is 3.43. The van der Waals surface area contributed by atoms with Crippen LogP contribution in [0, 0.1) is 17.5 Å². The fourth-order valence-electron chi connectivity index (χ4n) is 1.05. The topological polar surface area (TPSA) is 0 Å². The van der Waals surface area contributed by atoms with Crippen molar-refractivity contribution in [1.29, 1.82) is 0 Å². The van der Waals surface area contributed by atoms with Crippen molar-refractivity contribution in [3.8, 4) is 0 Å². The molecule has 0 saturated carbocycles. The number of rotatable bonds is 3. The van der Waals surface area contributed by atoms with E-state index in [9.17, 15) is 13.2 Å². The Morgan fingerprint density at radius 3 is 2.08 bits per heavy atom. The van der Waals surface area contributed by atoms with E-state index in [2.05, 4.69) is 15.9 Å². The van der Waals surface area contributed by atoms with Crippen molar-refractivity contribution in [3.05, 3.63) is 35.1 Å². The quantitative estimate of drug-likeness (QED) is 0.724. The number of hydrogen-bond acceptors (Lipinski definition) is 0. The van der Waals surface area contributed by atoms with Gasteiger partial charge < -0.3 is 0 Å². The summed E-state index contributed by atoms with van der Waals surface area (Å²) in [6.45, 7) is 0. The third-order valence-corrected chi connectivity index (χ3v) is 2.23. The SMILES string of the molecule is Fc1cc(F)c(CCCBr)c(F)c1. The van der Waals surface area contributed by atoms with Gasteiger partial charge in [-0.1, -0.05) is 15.9 Å². The van der Waals surface area contributed by atoms with Crippen molar-refractivity contribution >= 4 is 15.9 Å². The Balaban J connectivity index is 2.92. The van der Waals surface area contributed by atoms with Crippen LogP contribution >= 0.6 is 15.9 Å². The van der Waals surface area contributed by atoms with Gasteiger partial charge in [-0.15, -0.1) is 0 Å². The van der Waals surface area contributed by atoms with Crippen LogP contribution in [0.25, 0.3) is 0 Å². The highest BCUT2D eigenvalue weighted by Gasteiger charge is 2.10. The van der Waals surface area contributed by atoms with Gasteiger partial charge in [0.25, 0.3) is 0 Å². The zero-order valence-corrected chi connectivity index (χ0v) is 8.37. The average molecular weight is 253 g/mol. The Labute approximate surface area is 82.9 Å². The highest BCUT2D eigenvalue weighted by molar-refractivity contribution is 9.09. The zero-order chi connectivity index (χ0) is 9.84. The molecule has 0 N–H and O–H groups in total. The zero-order valence-electron chi connectivity index (χ0n) is 6.79. The molecular weight excluding hydrogens is 245 g/mol. The van der Waals surface area contributed by atoms with Gasteiger partial charge in [-0.3, -0.25) is 0 Å². The Bertz CT molecular complexity index is 276. The maximum absolute atomic E-state index is 12.9. The van der Waals surface area contributed by atoms with Crippen LogP contribution in [0.15, 0.2) is 12.1 Å². The normalized spacial score (nSPS) is 10.5. The van der Waals surface area contributed by atoms with E-state index >= 15 is 0 Å². The first-order chi connectivity index (χ1) is 6.15. The molecule has 0 aliphatic carbocycles. The van der Waals surface area contributed by atoms with Gasteiger partial charge in [0.1, 0.15) is 17.5 Å². The van der Waals surface area contributed by atoms with E-state index in [1.54, 1.807) is 0 Å². The van der Waals surface area contributed by atoms with Crippen molar-refractivity contribution in [2.45, 2.75) is 12.8 Å². The van der Waals surface area contributed by atoms with Crippen molar-refractivity contribution < 1.29 is 13.2 Å². The molecule has 1 aromatic carbocycles. The van der Waals surface area contributed by atoms with Gasteiger partial charge in [0.2, 0.25) is 0 Å². The molecule has 4 heteroatoms. The first-order valence-electron chi connectivity index (χ1n) is 3.84. The third kappa shape index (κ3) is 2.72. The minimum absolute atomic E-state index is 0.0409. The number of hydrogen-bond donors (Lipinski definition) is 0. The van der Waals surface area contributed by atoms with Gasteiger partial charge in [-0.25, -0.2) is 13.2 Å². The van der Waals surface area contributed by atoms with Crippen LogP contribution < -0.4 is 0 Å². The summed E-state index contributed by atoms with van der Waals surface area (Å²) in [5, 5.41) is 0.670. The molecule has 13 heavy (non-hydrogen) atoms. The van der Waals surface area contributed by atoms with Crippen LogP contribution in [-0.2, 0) is 6.42 Å². The smallest absolute Gasteiger partial charge is 0.132 e. The van der Waals surface area contributed by atoms with E-state index in [4.69, 9.17) is 0 Å². The maximum atomic E-state index is 12.9. The molecule has 0 nitrogen and oxygen atoms in total. The first-order valence-corrected chi connectivity index (χ1v) is 4.96. The molecule has 0 amide bonds. The van der Waals surface area contributed by atoms with Crippen molar-refractivity contribution in [2.24, 2.45) is 0 Å². The van der Waals surface area contributed by atoms with Crippen molar-refractivity contribution in [2.75, 3.05) is 5.33 Å². The molecule has 0 aliphatic rings. The summed E-state index contributed by atoms with van der Waals surface area (Å²) < 4.78 is 38.3. The monoisotopic (exact) mass is 252 g/mol. The second kappa shape index (κ2) is 4.65. The van der Waals surface area contributed by atoms with Crippen LogP contribution in [0.1, 0.15) is 12.0 Å². The molecular formula is C9H8BrF3. The largest absolute Gasteiger partial charge is 0.207 e. The van der Waals surface area contributed by atoms with E-state index in [0.717, 1.165) is 0 Å². The molecule has 0 spiro atoms. The molecule has 0 bridgehead atoms. The molecule has 0 saturated heterocycles. The minimum Gasteiger partial charge on any atom is -0.207 e. The molecule has 1 rings (SSSR count). The molecule has 0 atom stereocenters. The molecule has 0 unspecified atom stereocenters. The van der Waals surface area contributed by atoms with E-state index in [1.807, 2.05) is 0 Å². The lowest BCUT2D eigenvalue weighted by Gasteiger charge is -2.03. The first kappa shape index (κ1) is 10.6. The Kier molecular flexibility index (Phi) is 3.78. The average Bonchev–Trinajstić information content (AvgIpc) is 2.02. The fraction of sp³-hybridized carbons (Fsp3) is 0.333. The van der Waals surface area contributed by atoms with E-state index < -0.39 is 17.5 Å². The summed E-state index contributed by atoms with van der Waals surface area (Å²) in [5.74, 6) is -2.49. The van der Waals surface area contributed by atoms with Crippen molar-refractivity contribution in [1.82, 2.24) is 0 Å². The van der Waals surface area contributed by atoms with Gasteiger partial charge in [0.05, 0.1) is 0 Å². The van der Waals surface area contributed by atoms with Crippen LogP contribution in [0.3, 0.4) is 0 Å². The molecule has 72 valence electrons. The minimum atomic E-state index is -0.877. The van der Waals surface area contributed by atoms with Crippen LogP contribution in [0.2, 0.25) is 0 Å². The lowest BCUT2D eigenvalue weighted by Crippen LogP contribution is -1.97. The molecule has 0 aliphatic heterocycles. The Morgan fingerprint density at radius 2 is 1.62 bits per heavy atom. The number of benzene rings is 1. The number of halogens is 4. The van der Waals surface area contributed by atoms with Crippen LogP contribution in [0.5, 0.6) is 0 Å². The maximum Gasteiger partial charge on any atom is 0.132 e. The van der Waals surface area contributed by atoms with Gasteiger partial charge >= 0.3 is 0 Å². The standard InChI is InChI=1S/C9H8BrF3/c10-3-1-2-7-8(12)4-6(11)5-9(7)13/h4-5H,1-3H2. The second-order valence-corrected chi connectivity index (χ2v) is 3.43. The summed E-state index contributed by atoms with van der Waals surface area (Å²) in [6.07, 6.45) is 0.905. The van der Waals surface area contributed by atoms with Gasteiger partial charge in [0.15, 0.2) is 0 Å². The second-order valence-electron chi connectivity index (χ2n) is 2.64. The van der Waals surface area contributed by atoms with Gasteiger partial charge in [0, 0.05) is 23.0 Å². The predicted molar refractivity (Wildman–Crippen MR) is 48.4 cm³/mol. The molecule has 0 radical (unpaired) electrons. The fourth-order valence-corrected chi connectivity index (χ4v) is 1.33.